The van der Waals surface area contributed by atoms with Crippen LogP contribution in [-0.2, 0) is 0 Å². The van der Waals surface area contributed by atoms with E-state index in [4.69, 9.17) is 5.11 Å². The minimum absolute atomic E-state index is 0.206. The lowest BCUT2D eigenvalue weighted by atomic mass is 9.71. The maximum absolute atomic E-state index is 8.92. The summed E-state index contributed by atoms with van der Waals surface area (Å²) >= 11 is 0. The van der Waals surface area contributed by atoms with E-state index in [1.165, 1.54) is 38.5 Å². The van der Waals surface area contributed by atoms with Gasteiger partial charge in [0.15, 0.2) is 0 Å². The second kappa shape index (κ2) is 7.13. The summed E-state index contributed by atoms with van der Waals surface area (Å²) in [4.78, 5) is 0. The molecule has 0 aromatic rings. The Hall–Kier alpha value is -0.560. The van der Waals surface area contributed by atoms with E-state index in [-0.39, 0.29) is 6.61 Å². The molecule has 0 unspecified atom stereocenters. The van der Waals surface area contributed by atoms with Crippen LogP contribution in [0.25, 0.3) is 0 Å². The van der Waals surface area contributed by atoms with Crippen molar-refractivity contribution in [2.24, 2.45) is 5.41 Å². The Labute approximate surface area is 113 Å². The van der Waals surface area contributed by atoms with Crippen LogP contribution in [0.15, 0.2) is 22.8 Å². The molecule has 1 rings (SSSR count). The fourth-order valence-electron chi connectivity index (χ4n) is 3.09. The molecule has 1 N–H and O–H groups in total. The van der Waals surface area contributed by atoms with Crippen molar-refractivity contribution in [3.8, 4) is 0 Å². The molecule has 0 bridgehead atoms. The highest BCUT2D eigenvalue weighted by Gasteiger charge is 2.27. The van der Waals surface area contributed by atoms with E-state index in [0.717, 1.165) is 12.0 Å². The molecule has 1 heteroatoms. The normalized spacial score (nSPS) is 20.4. The van der Waals surface area contributed by atoms with E-state index in [9.17, 15) is 0 Å². The molecule has 104 valence electrons. The Morgan fingerprint density at radius 3 is 2.67 bits per heavy atom. The first kappa shape index (κ1) is 15.5. The van der Waals surface area contributed by atoms with Crippen molar-refractivity contribution in [3.63, 3.8) is 0 Å². The van der Waals surface area contributed by atoms with E-state index in [0.29, 0.717) is 5.41 Å². The summed E-state index contributed by atoms with van der Waals surface area (Å²) in [6.07, 6.45) is 11.1. The monoisotopic (exact) mass is 250 g/mol. The van der Waals surface area contributed by atoms with Gasteiger partial charge in [-0.2, -0.15) is 0 Å². The van der Waals surface area contributed by atoms with Crippen molar-refractivity contribution in [1.82, 2.24) is 0 Å². The minimum atomic E-state index is 0.206. The van der Waals surface area contributed by atoms with E-state index < -0.39 is 0 Å². The predicted molar refractivity (Wildman–Crippen MR) is 79.6 cm³/mol. The van der Waals surface area contributed by atoms with Crippen molar-refractivity contribution in [2.75, 3.05) is 6.61 Å². The smallest absolute Gasteiger partial charge is 0.0639 e. The number of hydrogen-bond donors (Lipinski definition) is 1. The van der Waals surface area contributed by atoms with Crippen LogP contribution in [0.2, 0.25) is 0 Å². The summed E-state index contributed by atoms with van der Waals surface area (Å²) < 4.78 is 0. The van der Waals surface area contributed by atoms with E-state index in [2.05, 4.69) is 26.8 Å². The molecule has 0 atom stereocenters. The summed E-state index contributed by atoms with van der Waals surface area (Å²) in [7, 11) is 0. The third-order valence-electron chi connectivity index (χ3n) is 4.31. The standard InChI is InChI=1S/C17H30O/c1-14(13-18)9-6-5-7-11-16-15(2)10-8-12-17(16,3)4/h9,18H,5-8,10-13H2,1-4H3/b14-9+. The number of rotatable bonds is 6. The third-order valence-corrected chi connectivity index (χ3v) is 4.31. The molecule has 0 heterocycles. The van der Waals surface area contributed by atoms with Gasteiger partial charge in [-0.1, -0.05) is 36.6 Å². The third kappa shape index (κ3) is 4.61. The zero-order chi connectivity index (χ0) is 13.6. The van der Waals surface area contributed by atoms with Crippen LogP contribution in [-0.4, -0.2) is 11.7 Å². The second-order valence-corrected chi connectivity index (χ2v) is 6.45. The average Bonchev–Trinajstić information content (AvgIpc) is 2.31. The van der Waals surface area contributed by atoms with Crippen molar-refractivity contribution in [3.05, 3.63) is 22.8 Å². The molecular formula is C17H30O. The zero-order valence-electron chi connectivity index (χ0n) is 12.7. The predicted octanol–water partition coefficient (Wildman–Crippen LogP) is 5.01. The molecule has 1 nitrogen and oxygen atoms in total. The Kier molecular flexibility index (Phi) is 6.14. The lowest BCUT2D eigenvalue weighted by Crippen LogP contribution is -2.20. The molecule has 0 aliphatic heterocycles. The highest BCUT2D eigenvalue weighted by Crippen LogP contribution is 2.42. The molecule has 0 fully saturated rings. The SMILES string of the molecule is CC1=C(CCCC/C=C(\C)CO)C(C)(C)CCC1. The summed E-state index contributed by atoms with van der Waals surface area (Å²) in [5, 5.41) is 8.92. The number of unbranched alkanes of at least 4 members (excludes halogenated alkanes) is 2. The van der Waals surface area contributed by atoms with Crippen LogP contribution in [0.1, 0.15) is 72.6 Å². The summed E-state index contributed by atoms with van der Waals surface area (Å²) in [5.74, 6) is 0. The molecule has 0 amide bonds. The van der Waals surface area contributed by atoms with Crippen LogP contribution in [0.5, 0.6) is 0 Å². The molecule has 0 spiro atoms. The van der Waals surface area contributed by atoms with Gasteiger partial charge in [0.05, 0.1) is 6.61 Å². The Morgan fingerprint density at radius 2 is 2.06 bits per heavy atom. The van der Waals surface area contributed by atoms with Gasteiger partial charge < -0.3 is 5.11 Å². The Morgan fingerprint density at radius 1 is 1.33 bits per heavy atom. The van der Waals surface area contributed by atoms with Crippen molar-refractivity contribution >= 4 is 0 Å². The molecule has 0 aromatic carbocycles. The first-order valence-corrected chi connectivity index (χ1v) is 7.43. The number of allylic oxidation sites excluding steroid dienone is 3. The van der Waals surface area contributed by atoms with Crippen LogP contribution in [0, 0.1) is 5.41 Å². The van der Waals surface area contributed by atoms with Gasteiger partial charge in [-0.25, -0.2) is 0 Å². The van der Waals surface area contributed by atoms with Crippen molar-refractivity contribution in [2.45, 2.75) is 72.6 Å². The molecule has 0 radical (unpaired) electrons. The number of aliphatic hydroxyl groups excluding tert-OH is 1. The maximum atomic E-state index is 8.92. The minimum Gasteiger partial charge on any atom is -0.392 e. The number of hydrogen-bond acceptors (Lipinski definition) is 1. The van der Waals surface area contributed by atoms with E-state index >= 15 is 0 Å². The topological polar surface area (TPSA) is 20.2 Å². The largest absolute Gasteiger partial charge is 0.392 e. The van der Waals surface area contributed by atoms with E-state index in [1.54, 1.807) is 11.1 Å². The van der Waals surface area contributed by atoms with Gasteiger partial charge in [0.1, 0.15) is 0 Å². The fourth-order valence-corrected chi connectivity index (χ4v) is 3.09. The molecule has 0 saturated heterocycles. The van der Waals surface area contributed by atoms with Crippen LogP contribution in [0.3, 0.4) is 0 Å². The van der Waals surface area contributed by atoms with Crippen molar-refractivity contribution in [1.29, 1.82) is 0 Å². The quantitative estimate of drug-likeness (QED) is 0.519. The molecule has 18 heavy (non-hydrogen) atoms. The van der Waals surface area contributed by atoms with Gasteiger partial charge in [0, 0.05) is 0 Å². The van der Waals surface area contributed by atoms with Crippen LogP contribution in [0.4, 0.5) is 0 Å². The van der Waals surface area contributed by atoms with E-state index in [1.807, 2.05) is 6.92 Å². The number of aliphatic hydroxyl groups is 1. The summed E-state index contributed by atoms with van der Waals surface area (Å²) in [5.41, 5.74) is 4.90. The maximum Gasteiger partial charge on any atom is 0.0639 e. The van der Waals surface area contributed by atoms with Gasteiger partial charge in [0.2, 0.25) is 0 Å². The molecule has 0 saturated carbocycles. The zero-order valence-corrected chi connectivity index (χ0v) is 12.7. The highest BCUT2D eigenvalue weighted by molar-refractivity contribution is 5.22. The van der Waals surface area contributed by atoms with Gasteiger partial charge in [0.25, 0.3) is 0 Å². The Bertz CT molecular complexity index is 321. The van der Waals surface area contributed by atoms with Gasteiger partial charge >= 0.3 is 0 Å². The lowest BCUT2D eigenvalue weighted by molar-refractivity contribution is 0.330. The Balaban J connectivity index is 2.38. The first-order valence-electron chi connectivity index (χ1n) is 7.43. The van der Waals surface area contributed by atoms with Crippen LogP contribution < -0.4 is 0 Å². The highest BCUT2D eigenvalue weighted by atomic mass is 16.3. The van der Waals surface area contributed by atoms with Gasteiger partial charge in [-0.15, -0.1) is 0 Å². The van der Waals surface area contributed by atoms with Crippen molar-refractivity contribution < 1.29 is 5.11 Å². The first-order chi connectivity index (χ1) is 8.47. The average molecular weight is 250 g/mol. The fraction of sp³-hybridized carbons (Fsp3) is 0.765. The molecule has 1 aliphatic rings. The second-order valence-electron chi connectivity index (χ2n) is 6.45. The van der Waals surface area contributed by atoms with Crippen LogP contribution >= 0.6 is 0 Å². The molecule has 1 aliphatic carbocycles. The van der Waals surface area contributed by atoms with Gasteiger partial charge in [-0.3, -0.25) is 0 Å². The lowest BCUT2D eigenvalue weighted by Gasteiger charge is -2.34. The summed E-state index contributed by atoms with van der Waals surface area (Å²) in [6.45, 7) is 9.34. The van der Waals surface area contributed by atoms with Gasteiger partial charge in [-0.05, 0) is 64.2 Å². The summed E-state index contributed by atoms with van der Waals surface area (Å²) in [6, 6.07) is 0. The molecular weight excluding hydrogens is 220 g/mol. The molecule has 0 aromatic heterocycles.